The first-order chi connectivity index (χ1) is 9.62. The average molecular weight is 296 g/mol. The SMILES string of the molecule is CCCc1ccc(S(=O)(=O)NCC[C@H]2CCCN2)cc1. The van der Waals surface area contributed by atoms with Crippen LogP contribution in [0, 0.1) is 0 Å². The second-order valence-electron chi connectivity index (χ2n) is 5.37. The monoisotopic (exact) mass is 296 g/mol. The molecule has 0 bridgehead atoms. The van der Waals surface area contributed by atoms with Gasteiger partial charge in [-0.25, -0.2) is 13.1 Å². The molecule has 1 saturated heterocycles. The summed E-state index contributed by atoms with van der Waals surface area (Å²) < 4.78 is 27.0. The van der Waals surface area contributed by atoms with Gasteiger partial charge in [0.15, 0.2) is 0 Å². The van der Waals surface area contributed by atoms with Crippen molar-refractivity contribution in [3.8, 4) is 0 Å². The van der Waals surface area contributed by atoms with Crippen LogP contribution in [0.2, 0.25) is 0 Å². The molecular formula is C15H24N2O2S. The Balaban J connectivity index is 1.88. The third-order valence-corrected chi connectivity index (χ3v) is 5.20. The van der Waals surface area contributed by atoms with E-state index in [0.717, 1.165) is 32.2 Å². The first kappa shape index (κ1) is 15.5. The van der Waals surface area contributed by atoms with Crippen molar-refractivity contribution >= 4 is 10.0 Å². The van der Waals surface area contributed by atoms with Gasteiger partial charge in [0.25, 0.3) is 0 Å². The standard InChI is InChI=1S/C15H24N2O2S/c1-2-4-13-6-8-15(9-7-13)20(18,19)17-12-10-14-5-3-11-16-14/h6-9,14,16-17H,2-5,10-12H2,1H3/t14-/m1/s1. The molecule has 2 rings (SSSR count). The summed E-state index contributed by atoms with van der Waals surface area (Å²) >= 11 is 0. The van der Waals surface area contributed by atoms with Crippen molar-refractivity contribution in [3.05, 3.63) is 29.8 Å². The minimum Gasteiger partial charge on any atom is -0.314 e. The van der Waals surface area contributed by atoms with E-state index >= 15 is 0 Å². The van der Waals surface area contributed by atoms with Gasteiger partial charge in [0.05, 0.1) is 4.90 Å². The van der Waals surface area contributed by atoms with Crippen molar-refractivity contribution < 1.29 is 8.42 Å². The molecule has 20 heavy (non-hydrogen) atoms. The fourth-order valence-corrected chi connectivity index (χ4v) is 3.63. The topological polar surface area (TPSA) is 58.2 Å². The first-order valence-corrected chi connectivity index (χ1v) is 8.92. The minimum atomic E-state index is -3.36. The van der Waals surface area contributed by atoms with E-state index in [0.29, 0.717) is 17.5 Å². The van der Waals surface area contributed by atoms with Crippen molar-refractivity contribution in [1.29, 1.82) is 0 Å². The Kier molecular flexibility index (Phi) is 5.57. The molecule has 0 aliphatic carbocycles. The highest BCUT2D eigenvalue weighted by atomic mass is 32.2. The van der Waals surface area contributed by atoms with Crippen LogP contribution in [0.4, 0.5) is 0 Å². The molecule has 0 amide bonds. The third-order valence-electron chi connectivity index (χ3n) is 3.72. The van der Waals surface area contributed by atoms with Crippen LogP contribution in [0.5, 0.6) is 0 Å². The lowest BCUT2D eigenvalue weighted by Crippen LogP contribution is -2.30. The van der Waals surface area contributed by atoms with Gasteiger partial charge in [-0.15, -0.1) is 0 Å². The summed E-state index contributed by atoms with van der Waals surface area (Å²) in [5.74, 6) is 0. The lowest BCUT2D eigenvalue weighted by atomic mass is 10.1. The summed E-state index contributed by atoms with van der Waals surface area (Å²) in [5.41, 5.74) is 1.18. The molecule has 0 spiro atoms. The highest BCUT2D eigenvalue weighted by molar-refractivity contribution is 7.89. The van der Waals surface area contributed by atoms with E-state index in [9.17, 15) is 8.42 Å². The van der Waals surface area contributed by atoms with Gasteiger partial charge in [-0.05, 0) is 49.9 Å². The van der Waals surface area contributed by atoms with Crippen molar-refractivity contribution in [3.63, 3.8) is 0 Å². The van der Waals surface area contributed by atoms with Gasteiger partial charge in [-0.2, -0.15) is 0 Å². The number of nitrogens with one attached hydrogen (secondary N) is 2. The minimum absolute atomic E-state index is 0.358. The Labute approximate surface area is 122 Å². The molecule has 1 fully saturated rings. The zero-order valence-electron chi connectivity index (χ0n) is 12.1. The maximum absolute atomic E-state index is 12.1. The quantitative estimate of drug-likeness (QED) is 0.810. The second-order valence-corrected chi connectivity index (χ2v) is 7.14. The lowest BCUT2D eigenvalue weighted by molar-refractivity contribution is 0.539. The molecule has 0 unspecified atom stereocenters. The molecule has 1 heterocycles. The van der Waals surface area contributed by atoms with Crippen molar-refractivity contribution in [2.24, 2.45) is 0 Å². The Morgan fingerprint density at radius 3 is 2.65 bits per heavy atom. The molecular weight excluding hydrogens is 272 g/mol. The largest absolute Gasteiger partial charge is 0.314 e. The molecule has 0 radical (unpaired) electrons. The van der Waals surface area contributed by atoms with Crippen LogP contribution < -0.4 is 10.0 Å². The zero-order valence-corrected chi connectivity index (χ0v) is 12.9. The van der Waals surface area contributed by atoms with E-state index in [2.05, 4.69) is 17.0 Å². The van der Waals surface area contributed by atoms with Gasteiger partial charge in [-0.3, -0.25) is 0 Å². The molecule has 0 aromatic heterocycles. The number of hydrogen-bond donors (Lipinski definition) is 2. The van der Waals surface area contributed by atoms with Crippen LogP contribution in [0.3, 0.4) is 0 Å². The van der Waals surface area contributed by atoms with Crippen LogP contribution in [-0.4, -0.2) is 27.5 Å². The van der Waals surface area contributed by atoms with E-state index < -0.39 is 10.0 Å². The molecule has 1 aromatic carbocycles. The summed E-state index contributed by atoms with van der Waals surface area (Å²) in [7, 11) is -3.36. The van der Waals surface area contributed by atoms with Gasteiger partial charge in [-0.1, -0.05) is 25.5 Å². The summed E-state index contributed by atoms with van der Waals surface area (Å²) in [5, 5.41) is 3.37. The number of aryl methyl sites for hydroxylation is 1. The number of hydrogen-bond acceptors (Lipinski definition) is 3. The predicted molar refractivity (Wildman–Crippen MR) is 81.3 cm³/mol. The molecule has 112 valence electrons. The van der Waals surface area contributed by atoms with Crippen molar-refractivity contribution in [2.45, 2.75) is 50.0 Å². The first-order valence-electron chi connectivity index (χ1n) is 7.44. The molecule has 1 aromatic rings. The predicted octanol–water partition coefficient (Wildman–Crippen LogP) is 2.06. The van der Waals surface area contributed by atoms with Gasteiger partial charge >= 0.3 is 0 Å². The van der Waals surface area contributed by atoms with Crippen LogP contribution >= 0.6 is 0 Å². The average Bonchev–Trinajstić information content (AvgIpc) is 2.93. The zero-order chi connectivity index (χ0) is 14.4. The maximum atomic E-state index is 12.1. The van der Waals surface area contributed by atoms with Crippen molar-refractivity contribution in [2.75, 3.05) is 13.1 Å². The van der Waals surface area contributed by atoms with Crippen molar-refractivity contribution in [1.82, 2.24) is 10.0 Å². The van der Waals surface area contributed by atoms with E-state index in [1.807, 2.05) is 12.1 Å². The smallest absolute Gasteiger partial charge is 0.240 e. The van der Waals surface area contributed by atoms with E-state index in [1.165, 1.54) is 12.0 Å². The third kappa shape index (κ3) is 4.30. The molecule has 1 atom stereocenters. The summed E-state index contributed by atoms with van der Waals surface area (Å²) in [4.78, 5) is 0.358. The van der Waals surface area contributed by atoms with Crippen LogP contribution in [0.15, 0.2) is 29.2 Å². The molecule has 1 aliphatic heterocycles. The Bertz CT molecular complexity index is 505. The van der Waals surface area contributed by atoms with Crippen LogP contribution in [-0.2, 0) is 16.4 Å². The lowest BCUT2D eigenvalue weighted by Gasteiger charge is -2.11. The fourth-order valence-electron chi connectivity index (χ4n) is 2.58. The molecule has 4 nitrogen and oxygen atoms in total. The maximum Gasteiger partial charge on any atom is 0.240 e. The van der Waals surface area contributed by atoms with Crippen LogP contribution in [0.1, 0.15) is 38.2 Å². The molecule has 5 heteroatoms. The Morgan fingerprint density at radius 1 is 1.30 bits per heavy atom. The van der Waals surface area contributed by atoms with Gasteiger partial charge < -0.3 is 5.32 Å². The summed E-state index contributed by atoms with van der Waals surface area (Å²) in [6.45, 7) is 3.66. The number of rotatable bonds is 7. The summed E-state index contributed by atoms with van der Waals surface area (Å²) in [6, 6.07) is 7.65. The number of sulfonamides is 1. The highest BCUT2D eigenvalue weighted by Crippen LogP contribution is 2.13. The van der Waals surface area contributed by atoms with Gasteiger partial charge in [0, 0.05) is 12.6 Å². The second kappa shape index (κ2) is 7.20. The van der Waals surface area contributed by atoms with Gasteiger partial charge in [0.2, 0.25) is 10.0 Å². The van der Waals surface area contributed by atoms with E-state index in [1.54, 1.807) is 12.1 Å². The van der Waals surface area contributed by atoms with E-state index in [4.69, 9.17) is 0 Å². The Morgan fingerprint density at radius 2 is 2.05 bits per heavy atom. The van der Waals surface area contributed by atoms with Gasteiger partial charge in [0.1, 0.15) is 0 Å². The summed E-state index contributed by atoms with van der Waals surface area (Å²) in [6.07, 6.45) is 5.25. The fraction of sp³-hybridized carbons (Fsp3) is 0.600. The highest BCUT2D eigenvalue weighted by Gasteiger charge is 2.17. The molecule has 2 N–H and O–H groups in total. The van der Waals surface area contributed by atoms with Crippen LogP contribution in [0.25, 0.3) is 0 Å². The molecule has 1 aliphatic rings. The normalized spacial score (nSPS) is 19.4. The molecule has 0 saturated carbocycles. The Hall–Kier alpha value is -0.910. The van der Waals surface area contributed by atoms with E-state index in [-0.39, 0.29) is 0 Å². The number of benzene rings is 1.